The zero-order valence-electron chi connectivity index (χ0n) is 18.7. The Morgan fingerprint density at radius 1 is 0.875 bits per heavy atom. The van der Waals surface area contributed by atoms with E-state index < -0.39 is 0 Å². The standard InChI is InChI=1S/C25H26N4O3/c1-5-31-20-12-18(13-21(14-20)32-6-2)25(30)26-22-15-24-23(11-17(22)4)27-29(28-24)19-9-7-16(3)8-10-19/h7-15H,5-6H2,1-4H3,(H,26,30). The molecular formula is C25H26N4O3. The molecule has 0 bridgehead atoms. The molecule has 4 aromatic rings. The van der Waals surface area contributed by atoms with E-state index in [1.54, 1.807) is 23.0 Å². The topological polar surface area (TPSA) is 78.3 Å². The first-order valence-electron chi connectivity index (χ1n) is 10.6. The second-order valence-corrected chi connectivity index (χ2v) is 7.49. The van der Waals surface area contributed by atoms with Gasteiger partial charge < -0.3 is 14.8 Å². The summed E-state index contributed by atoms with van der Waals surface area (Å²) in [6.07, 6.45) is 0. The number of aryl methyl sites for hydroxylation is 2. The number of benzene rings is 3. The number of fused-ring (bicyclic) bond motifs is 1. The molecule has 0 radical (unpaired) electrons. The predicted octanol–water partition coefficient (Wildman–Crippen LogP) is 5.09. The van der Waals surface area contributed by atoms with Crippen LogP contribution < -0.4 is 14.8 Å². The Morgan fingerprint density at radius 3 is 2.06 bits per heavy atom. The van der Waals surface area contributed by atoms with Crippen molar-refractivity contribution in [2.24, 2.45) is 0 Å². The van der Waals surface area contributed by atoms with E-state index >= 15 is 0 Å². The van der Waals surface area contributed by atoms with Crippen molar-refractivity contribution in [1.82, 2.24) is 15.0 Å². The molecule has 1 heterocycles. The molecule has 0 aliphatic rings. The lowest BCUT2D eigenvalue weighted by atomic mass is 10.1. The molecule has 32 heavy (non-hydrogen) atoms. The summed E-state index contributed by atoms with van der Waals surface area (Å²) in [4.78, 5) is 14.6. The van der Waals surface area contributed by atoms with E-state index in [4.69, 9.17) is 9.47 Å². The summed E-state index contributed by atoms with van der Waals surface area (Å²) >= 11 is 0. The van der Waals surface area contributed by atoms with Gasteiger partial charge in [0.25, 0.3) is 5.91 Å². The monoisotopic (exact) mass is 430 g/mol. The number of anilines is 1. The molecule has 0 spiro atoms. The molecule has 0 saturated carbocycles. The summed E-state index contributed by atoms with van der Waals surface area (Å²) in [6.45, 7) is 8.77. The van der Waals surface area contributed by atoms with Gasteiger partial charge >= 0.3 is 0 Å². The molecule has 3 aromatic carbocycles. The van der Waals surface area contributed by atoms with Crippen molar-refractivity contribution >= 4 is 22.6 Å². The Labute approximate surface area is 187 Å². The molecule has 4 rings (SSSR count). The summed E-state index contributed by atoms with van der Waals surface area (Å²) in [7, 11) is 0. The molecule has 0 fully saturated rings. The fourth-order valence-electron chi connectivity index (χ4n) is 3.39. The van der Waals surface area contributed by atoms with Crippen LogP contribution in [-0.2, 0) is 0 Å². The van der Waals surface area contributed by atoms with Crippen LogP contribution in [0.15, 0.2) is 54.6 Å². The molecule has 0 atom stereocenters. The molecule has 164 valence electrons. The fraction of sp³-hybridized carbons (Fsp3) is 0.240. The number of nitrogens with one attached hydrogen (secondary N) is 1. The van der Waals surface area contributed by atoms with Crippen LogP contribution in [0.1, 0.15) is 35.3 Å². The summed E-state index contributed by atoms with van der Waals surface area (Å²) in [5.74, 6) is 0.939. The number of hydrogen-bond acceptors (Lipinski definition) is 5. The second kappa shape index (κ2) is 9.09. The zero-order valence-corrected chi connectivity index (χ0v) is 18.7. The highest BCUT2D eigenvalue weighted by molar-refractivity contribution is 6.06. The van der Waals surface area contributed by atoms with Crippen LogP contribution in [0.4, 0.5) is 5.69 Å². The maximum Gasteiger partial charge on any atom is 0.255 e. The number of carbonyl (C=O) groups is 1. The predicted molar refractivity (Wildman–Crippen MR) is 125 cm³/mol. The van der Waals surface area contributed by atoms with Gasteiger partial charge in [-0.1, -0.05) is 17.7 Å². The van der Waals surface area contributed by atoms with Crippen LogP contribution in [0.3, 0.4) is 0 Å². The third kappa shape index (κ3) is 4.56. The average molecular weight is 431 g/mol. The van der Waals surface area contributed by atoms with Crippen LogP contribution >= 0.6 is 0 Å². The van der Waals surface area contributed by atoms with E-state index in [1.165, 1.54) is 5.56 Å². The lowest BCUT2D eigenvalue weighted by molar-refractivity contribution is 0.102. The van der Waals surface area contributed by atoms with E-state index in [9.17, 15) is 4.79 Å². The van der Waals surface area contributed by atoms with E-state index in [0.717, 1.165) is 16.8 Å². The van der Waals surface area contributed by atoms with E-state index in [0.29, 0.717) is 41.5 Å². The van der Waals surface area contributed by atoms with Gasteiger partial charge in [-0.15, -0.1) is 10.2 Å². The molecule has 7 heteroatoms. The largest absolute Gasteiger partial charge is 0.494 e. The third-order valence-corrected chi connectivity index (χ3v) is 5.00. The first-order chi connectivity index (χ1) is 15.5. The van der Waals surface area contributed by atoms with Crippen molar-refractivity contribution in [3.05, 3.63) is 71.3 Å². The molecule has 0 unspecified atom stereocenters. The highest BCUT2D eigenvalue weighted by atomic mass is 16.5. The van der Waals surface area contributed by atoms with Crippen LogP contribution in [0, 0.1) is 13.8 Å². The highest BCUT2D eigenvalue weighted by Gasteiger charge is 2.14. The molecule has 0 aliphatic carbocycles. The third-order valence-electron chi connectivity index (χ3n) is 5.00. The van der Waals surface area contributed by atoms with Crippen molar-refractivity contribution in [3.8, 4) is 17.2 Å². The Hall–Kier alpha value is -3.87. The fourth-order valence-corrected chi connectivity index (χ4v) is 3.39. The van der Waals surface area contributed by atoms with Crippen LogP contribution in [0.2, 0.25) is 0 Å². The Bertz CT molecular complexity index is 1240. The van der Waals surface area contributed by atoms with Crippen molar-refractivity contribution < 1.29 is 14.3 Å². The Balaban J connectivity index is 1.63. The average Bonchev–Trinajstić information content (AvgIpc) is 3.17. The quantitative estimate of drug-likeness (QED) is 0.442. The maximum absolute atomic E-state index is 13.0. The number of carbonyl (C=O) groups excluding carboxylic acids is 1. The molecule has 1 aromatic heterocycles. The summed E-state index contributed by atoms with van der Waals surface area (Å²) in [6, 6.07) is 17.0. The van der Waals surface area contributed by atoms with Gasteiger partial charge in [0.15, 0.2) is 0 Å². The van der Waals surface area contributed by atoms with Gasteiger partial charge in [-0.05, 0) is 69.7 Å². The maximum atomic E-state index is 13.0. The van der Waals surface area contributed by atoms with E-state index in [-0.39, 0.29) is 5.91 Å². The molecule has 0 aliphatic heterocycles. The second-order valence-electron chi connectivity index (χ2n) is 7.49. The SMILES string of the molecule is CCOc1cc(OCC)cc(C(=O)Nc2cc3nn(-c4ccc(C)cc4)nc3cc2C)c1. The Morgan fingerprint density at radius 2 is 1.47 bits per heavy atom. The minimum Gasteiger partial charge on any atom is -0.494 e. The molecule has 7 nitrogen and oxygen atoms in total. The number of ether oxygens (including phenoxy) is 2. The molecule has 1 amide bonds. The Kier molecular flexibility index (Phi) is 6.07. The number of amides is 1. The molecular weight excluding hydrogens is 404 g/mol. The van der Waals surface area contributed by atoms with Crippen molar-refractivity contribution in [2.75, 3.05) is 18.5 Å². The van der Waals surface area contributed by atoms with Crippen LogP contribution in [0.25, 0.3) is 16.7 Å². The summed E-state index contributed by atoms with van der Waals surface area (Å²) in [5.41, 5.74) is 5.55. The minimum absolute atomic E-state index is 0.249. The first kappa shape index (κ1) is 21.4. The van der Waals surface area contributed by atoms with Gasteiger partial charge in [0.2, 0.25) is 0 Å². The highest BCUT2D eigenvalue weighted by Crippen LogP contribution is 2.26. The lowest BCUT2D eigenvalue weighted by Gasteiger charge is -2.12. The number of aromatic nitrogens is 3. The van der Waals surface area contributed by atoms with Gasteiger partial charge in [-0.25, -0.2) is 0 Å². The van der Waals surface area contributed by atoms with Gasteiger partial charge in [-0.2, -0.15) is 4.80 Å². The van der Waals surface area contributed by atoms with E-state index in [1.807, 2.05) is 64.1 Å². The van der Waals surface area contributed by atoms with Crippen molar-refractivity contribution in [1.29, 1.82) is 0 Å². The normalized spacial score (nSPS) is 10.9. The summed E-state index contributed by atoms with van der Waals surface area (Å²) in [5, 5.41) is 12.1. The zero-order chi connectivity index (χ0) is 22.7. The van der Waals surface area contributed by atoms with Crippen molar-refractivity contribution in [2.45, 2.75) is 27.7 Å². The van der Waals surface area contributed by atoms with Gasteiger partial charge in [0.1, 0.15) is 22.5 Å². The van der Waals surface area contributed by atoms with Gasteiger partial charge in [0, 0.05) is 17.3 Å². The van der Waals surface area contributed by atoms with Gasteiger partial charge in [-0.3, -0.25) is 4.79 Å². The van der Waals surface area contributed by atoms with Crippen molar-refractivity contribution in [3.63, 3.8) is 0 Å². The lowest BCUT2D eigenvalue weighted by Crippen LogP contribution is -2.13. The minimum atomic E-state index is -0.249. The molecule has 0 saturated heterocycles. The summed E-state index contributed by atoms with van der Waals surface area (Å²) < 4.78 is 11.2. The number of rotatable bonds is 7. The van der Waals surface area contributed by atoms with Gasteiger partial charge in [0.05, 0.1) is 18.9 Å². The first-order valence-corrected chi connectivity index (χ1v) is 10.6. The van der Waals surface area contributed by atoms with Crippen LogP contribution in [-0.4, -0.2) is 34.1 Å². The smallest absolute Gasteiger partial charge is 0.255 e. The van der Waals surface area contributed by atoms with Crippen LogP contribution in [0.5, 0.6) is 11.5 Å². The number of nitrogens with zero attached hydrogens (tertiary/aromatic N) is 3. The van der Waals surface area contributed by atoms with E-state index in [2.05, 4.69) is 15.5 Å². The number of hydrogen-bond donors (Lipinski definition) is 1. The molecule has 1 N–H and O–H groups in total.